The van der Waals surface area contributed by atoms with E-state index in [0.717, 1.165) is 45.1 Å². The topological polar surface area (TPSA) is 114 Å². The van der Waals surface area contributed by atoms with Gasteiger partial charge in [0.1, 0.15) is 0 Å². The number of ether oxygens (including phenoxy) is 2. The molecule has 11 heteroatoms. The Morgan fingerprint density at radius 3 is 2.68 bits per heavy atom. The van der Waals surface area contributed by atoms with Crippen LogP contribution < -0.4 is 9.80 Å². The van der Waals surface area contributed by atoms with E-state index in [1.54, 1.807) is 18.3 Å². The smallest absolute Gasteiger partial charge is 0.341 e. The van der Waals surface area contributed by atoms with Gasteiger partial charge >= 0.3 is 5.97 Å². The molecule has 0 unspecified atom stereocenters. The normalized spacial score (nSPS) is 13.6. The second kappa shape index (κ2) is 11.2. The van der Waals surface area contributed by atoms with Crippen LogP contribution in [0.5, 0.6) is 0 Å². The first-order valence-electron chi connectivity index (χ1n) is 12.1. The Labute approximate surface area is 218 Å². The number of fused-ring (bicyclic) bond motifs is 1. The molecular formula is C26H28N6O4S. The third-order valence-electron chi connectivity index (χ3n) is 6.03. The number of thiophene rings is 1. The zero-order chi connectivity index (χ0) is 25.8. The van der Waals surface area contributed by atoms with Gasteiger partial charge in [0.25, 0.3) is 0 Å². The molecule has 0 spiro atoms. The summed E-state index contributed by atoms with van der Waals surface area (Å²) in [6, 6.07) is 9.72. The number of carbonyl (C=O) groups is 1. The number of carbonyl (C=O) groups excluding carboxylic acids is 1. The van der Waals surface area contributed by atoms with Crippen LogP contribution in [0.4, 0.5) is 11.8 Å². The van der Waals surface area contributed by atoms with Crippen molar-refractivity contribution in [3.63, 3.8) is 0 Å². The first kappa shape index (κ1) is 25.0. The number of aliphatic hydroxyl groups is 1. The summed E-state index contributed by atoms with van der Waals surface area (Å²) < 4.78 is 11.6. The molecule has 1 aromatic carbocycles. The van der Waals surface area contributed by atoms with E-state index in [1.165, 1.54) is 12.4 Å². The molecular weight excluding hydrogens is 492 g/mol. The van der Waals surface area contributed by atoms with Crippen molar-refractivity contribution in [1.29, 1.82) is 0 Å². The quantitative estimate of drug-likeness (QED) is 0.347. The van der Waals surface area contributed by atoms with Gasteiger partial charge in [0.05, 0.1) is 48.8 Å². The van der Waals surface area contributed by atoms with E-state index < -0.39 is 5.97 Å². The fourth-order valence-electron chi connectivity index (χ4n) is 4.17. The summed E-state index contributed by atoms with van der Waals surface area (Å²) in [5, 5.41) is 9.87. The molecule has 4 aromatic rings. The van der Waals surface area contributed by atoms with Gasteiger partial charge in [-0.3, -0.25) is 0 Å². The van der Waals surface area contributed by atoms with Gasteiger partial charge in [-0.25, -0.2) is 24.7 Å². The van der Waals surface area contributed by atoms with Crippen molar-refractivity contribution in [2.75, 3.05) is 49.8 Å². The summed E-state index contributed by atoms with van der Waals surface area (Å²) in [5.74, 6) is 1.54. The highest BCUT2D eigenvalue weighted by Crippen LogP contribution is 2.35. The van der Waals surface area contributed by atoms with Crippen molar-refractivity contribution < 1.29 is 19.4 Å². The zero-order valence-electron chi connectivity index (χ0n) is 20.8. The highest BCUT2D eigenvalue weighted by molar-refractivity contribution is 7.19. The van der Waals surface area contributed by atoms with Gasteiger partial charge in [-0.1, -0.05) is 24.3 Å². The fraction of sp³-hybridized carbons (Fsp3) is 0.346. The molecule has 0 radical (unpaired) electrons. The highest BCUT2D eigenvalue weighted by Gasteiger charge is 2.21. The van der Waals surface area contributed by atoms with Crippen LogP contribution in [0.2, 0.25) is 0 Å². The fourth-order valence-corrected chi connectivity index (χ4v) is 5.34. The lowest BCUT2D eigenvalue weighted by Crippen LogP contribution is -2.36. The van der Waals surface area contributed by atoms with Crippen LogP contribution in [0.3, 0.4) is 0 Å². The summed E-state index contributed by atoms with van der Waals surface area (Å²) in [4.78, 5) is 35.7. The van der Waals surface area contributed by atoms with Crippen molar-refractivity contribution in [2.24, 2.45) is 0 Å². The lowest BCUT2D eigenvalue weighted by atomic mass is 10.1. The molecule has 192 valence electrons. The van der Waals surface area contributed by atoms with E-state index in [0.29, 0.717) is 43.7 Å². The van der Waals surface area contributed by atoms with Gasteiger partial charge in [0.15, 0.2) is 11.6 Å². The van der Waals surface area contributed by atoms with Crippen LogP contribution in [-0.2, 0) is 22.6 Å². The van der Waals surface area contributed by atoms with Crippen molar-refractivity contribution >= 4 is 39.3 Å². The number of anilines is 2. The number of rotatable bonds is 8. The number of hydrogen-bond donors (Lipinski definition) is 1. The molecule has 10 nitrogen and oxygen atoms in total. The molecule has 5 rings (SSSR count). The Bertz CT molecular complexity index is 1390. The van der Waals surface area contributed by atoms with Gasteiger partial charge in [-0.05, 0) is 18.6 Å². The van der Waals surface area contributed by atoms with Gasteiger partial charge in [-0.15, -0.1) is 11.3 Å². The molecule has 1 saturated heterocycles. The largest absolute Gasteiger partial charge is 0.462 e. The number of esters is 1. The maximum Gasteiger partial charge on any atom is 0.341 e. The molecule has 0 bridgehead atoms. The summed E-state index contributed by atoms with van der Waals surface area (Å²) >= 11 is 1.64. The number of hydrogen-bond acceptors (Lipinski definition) is 11. The van der Waals surface area contributed by atoms with Gasteiger partial charge < -0.3 is 24.4 Å². The average Bonchev–Trinajstić information content (AvgIpc) is 3.35. The van der Waals surface area contributed by atoms with E-state index in [-0.39, 0.29) is 6.61 Å². The van der Waals surface area contributed by atoms with Crippen LogP contribution in [0.1, 0.15) is 27.7 Å². The minimum Gasteiger partial charge on any atom is -0.462 e. The van der Waals surface area contributed by atoms with E-state index in [1.807, 2.05) is 36.2 Å². The molecule has 1 N–H and O–H groups in total. The van der Waals surface area contributed by atoms with Gasteiger partial charge in [-0.2, -0.15) is 0 Å². The molecule has 1 fully saturated rings. The zero-order valence-corrected chi connectivity index (χ0v) is 21.6. The number of aromatic nitrogens is 4. The Balaban J connectivity index is 1.47. The Hall–Kier alpha value is -3.67. The Morgan fingerprint density at radius 1 is 1.19 bits per heavy atom. The van der Waals surface area contributed by atoms with E-state index >= 15 is 0 Å². The van der Waals surface area contributed by atoms with Crippen molar-refractivity contribution in [1.82, 2.24) is 19.9 Å². The lowest BCUT2D eigenvalue weighted by Gasteiger charge is -2.28. The highest BCUT2D eigenvalue weighted by atomic mass is 32.1. The van der Waals surface area contributed by atoms with Gasteiger partial charge in [0, 0.05) is 43.0 Å². The molecule has 0 atom stereocenters. The number of benzene rings is 1. The SMILES string of the molecule is CCOC(=O)c1cnc(N(C)Cc2cc3nc(-c4ccccc4CO)nc(N4CCOCC4)c3s2)nc1. The van der Waals surface area contributed by atoms with Crippen LogP contribution >= 0.6 is 11.3 Å². The van der Waals surface area contributed by atoms with Crippen LogP contribution in [0.25, 0.3) is 21.6 Å². The summed E-state index contributed by atoms with van der Waals surface area (Å²) in [7, 11) is 1.90. The summed E-state index contributed by atoms with van der Waals surface area (Å²) in [6.45, 7) is 5.33. The molecule has 4 heterocycles. The van der Waals surface area contributed by atoms with Crippen LogP contribution in [0.15, 0.2) is 42.7 Å². The molecule has 0 amide bonds. The monoisotopic (exact) mass is 520 g/mol. The molecule has 37 heavy (non-hydrogen) atoms. The van der Waals surface area contributed by atoms with E-state index in [2.05, 4.69) is 20.9 Å². The number of morpholine rings is 1. The summed E-state index contributed by atoms with van der Waals surface area (Å²) in [5.41, 5.74) is 2.78. The minimum atomic E-state index is -0.436. The molecule has 1 aliphatic heterocycles. The van der Waals surface area contributed by atoms with Crippen LogP contribution in [0, 0.1) is 0 Å². The summed E-state index contributed by atoms with van der Waals surface area (Å²) in [6.07, 6.45) is 2.96. The third kappa shape index (κ3) is 5.38. The first-order valence-corrected chi connectivity index (χ1v) is 12.9. The number of nitrogens with zero attached hydrogens (tertiary/aromatic N) is 6. The second-order valence-electron chi connectivity index (χ2n) is 8.56. The van der Waals surface area contributed by atoms with Crippen molar-refractivity contribution in [2.45, 2.75) is 20.1 Å². The Kier molecular flexibility index (Phi) is 7.54. The first-order chi connectivity index (χ1) is 18.1. The van der Waals surface area contributed by atoms with Crippen molar-refractivity contribution in [3.05, 3.63) is 58.7 Å². The molecule has 1 aliphatic rings. The predicted molar refractivity (Wildman–Crippen MR) is 142 cm³/mol. The third-order valence-corrected chi connectivity index (χ3v) is 7.13. The maximum atomic E-state index is 11.9. The van der Waals surface area contributed by atoms with Crippen molar-refractivity contribution in [3.8, 4) is 11.4 Å². The van der Waals surface area contributed by atoms with E-state index in [9.17, 15) is 9.90 Å². The lowest BCUT2D eigenvalue weighted by molar-refractivity contribution is 0.0525. The van der Waals surface area contributed by atoms with Crippen LogP contribution in [-0.4, -0.2) is 71.0 Å². The second-order valence-corrected chi connectivity index (χ2v) is 9.70. The van der Waals surface area contributed by atoms with E-state index in [4.69, 9.17) is 19.4 Å². The van der Waals surface area contributed by atoms with Gasteiger partial charge in [0.2, 0.25) is 5.95 Å². The maximum absolute atomic E-state index is 11.9. The molecule has 3 aromatic heterocycles. The Morgan fingerprint density at radius 2 is 1.95 bits per heavy atom. The molecule has 0 saturated carbocycles. The standard InChI is InChI=1S/C26H28N6O4S/c1-3-36-25(34)18-13-27-26(28-14-18)31(2)15-19-12-21-22(37-19)24(32-8-10-35-11-9-32)30-23(29-21)20-7-5-4-6-17(20)16-33/h4-7,12-14,33H,3,8-11,15-16H2,1-2H3. The predicted octanol–water partition coefficient (Wildman–Crippen LogP) is 3.29. The number of aliphatic hydroxyl groups excluding tert-OH is 1. The average molecular weight is 521 g/mol. The molecule has 0 aliphatic carbocycles. The minimum absolute atomic E-state index is 0.0842.